The van der Waals surface area contributed by atoms with Crippen LogP contribution in [-0.2, 0) is 16.0 Å². The van der Waals surface area contributed by atoms with Crippen molar-refractivity contribution in [2.45, 2.75) is 32.7 Å². The second-order valence-corrected chi connectivity index (χ2v) is 4.55. The lowest BCUT2D eigenvalue weighted by molar-refractivity contribution is -0.145. The van der Waals surface area contributed by atoms with Crippen LogP contribution in [0.4, 0.5) is 10.5 Å². The van der Waals surface area contributed by atoms with Crippen LogP contribution in [0.3, 0.4) is 0 Å². The highest BCUT2D eigenvalue weighted by atomic mass is 16.4. The number of anilines is 1. The van der Waals surface area contributed by atoms with Crippen molar-refractivity contribution < 1.29 is 24.6 Å². The second-order valence-electron chi connectivity index (χ2n) is 4.55. The van der Waals surface area contributed by atoms with Gasteiger partial charge in [-0.05, 0) is 24.5 Å². The SMILES string of the molecule is CCc1cccc(C)c1NC(=O)N[C@H](CC(=O)O)C(=O)O. The fourth-order valence-electron chi connectivity index (χ4n) is 1.88. The number of hydrogen-bond acceptors (Lipinski definition) is 3. The number of carbonyl (C=O) groups is 3. The summed E-state index contributed by atoms with van der Waals surface area (Å²) in [5.74, 6) is -2.69. The molecular weight excluding hydrogens is 276 g/mol. The van der Waals surface area contributed by atoms with Crippen LogP contribution in [-0.4, -0.2) is 34.2 Å². The number of aryl methyl sites for hydroxylation is 2. The van der Waals surface area contributed by atoms with Crippen LogP contribution < -0.4 is 10.6 Å². The van der Waals surface area contributed by atoms with E-state index in [0.29, 0.717) is 12.1 Å². The third kappa shape index (κ3) is 4.79. The molecule has 0 aliphatic carbocycles. The third-order valence-electron chi connectivity index (χ3n) is 2.96. The summed E-state index contributed by atoms with van der Waals surface area (Å²) in [6.07, 6.45) is 0.0198. The maximum Gasteiger partial charge on any atom is 0.326 e. The quantitative estimate of drug-likeness (QED) is 0.636. The molecule has 1 rings (SSSR count). The Morgan fingerprint density at radius 3 is 2.43 bits per heavy atom. The first-order valence-electron chi connectivity index (χ1n) is 6.45. The summed E-state index contributed by atoms with van der Waals surface area (Å²) in [6, 6.07) is 3.32. The molecule has 7 heteroatoms. The molecule has 0 aromatic heterocycles. The largest absolute Gasteiger partial charge is 0.481 e. The number of benzene rings is 1. The van der Waals surface area contributed by atoms with Gasteiger partial charge in [-0.1, -0.05) is 25.1 Å². The van der Waals surface area contributed by atoms with Crippen LogP contribution >= 0.6 is 0 Å². The predicted molar refractivity (Wildman–Crippen MR) is 76.4 cm³/mol. The molecule has 1 aromatic rings. The summed E-state index contributed by atoms with van der Waals surface area (Å²) < 4.78 is 0. The molecule has 0 saturated carbocycles. The number of rotatable bonds is 6. The van der Waals surface area contributed by atoms with Crippen molar-refractivity contribution in [1.29, 1.82) is 0 Å². The normalized spacial score (nSPS) is 11.5. The molecule has 21 heavy (non-hydrogen) atoms. The first-order chi connectivity index (χ1) is 9.85. The fourth-order valence-corrected chi connectivity index (χ4v) is 1.88. The predicted octanol–water partition coefficient (Wildman–Crippen LogP) is 1.61. The first kappa shape index (κ1) is 16.5. The number of carboxylic acid groups (broad SMARTS) is 2. The lowest BCUT2D eigenvalue weighted by Crippen LogP contribution is -2.44. The summed E-state index contributed by atoms with van der Waals surface area (Å²) in [6.45, 7) is 3.75. The van der Waals surface area contributed by atoms with Crippen molar-refractivity contribution in [3.63, 3.8) is 0 Å². The van der Waals surface area contributed by atoms with E-state index in [2.05, 4.69) is 10.6 Å². The zero-order chi connectivity index (χ0) is 16.0. The molecule has 0 fully saturated rings. The summed E-state index contributed by atoms with van der Waals surface area (Å²) in [7, 11) is 0. The Morgan fingerprint density at radius 2 is 1.90 bits per heavy atom. The van der Waals surface area contributed by atoms with Gasteiger partial charge < -0.3 is 20.8 Å². The summed E-state index contributed by atoms with van der Waals surface area (Å²) in [4.78, 5) is 33.3. The van der Waals surface area contributed by atoms with Crippen LogP contribution in [0.15, 0.2) is 18.2 Å². The average Bonchev–Trinajstić information content (AvgIpc) is 2.39. The maximum absolute atomic E-state index is 11.9. The average molecular weight is 294 g/mol. The third-order valence-corrected chi connectivity index (χ3v) is 2.96. The number of aliphatic carboxylic acids is 2. The van der Waals surface area contributed by atoms with Gasteiger partial charge in [0.1, 0.15) is 6.04 Å². The molecule has 0 radical (unpaired) electrons. The van der Waals surface area contributed by atoms with Gasteiger partial charge >= 0.3 is 18.0 Å². The maximum atomic E-state index is 11.9. The van der Waals surface area contributed by atoms with Crippen molar-refractivity contribution in [1.82, 2.24) is 5.32 Å². The number of amides is 2. The van der Waals surface area contributed by atoms with Gasteiger partial charge in [0, 0.05) is 5.69 Å². The molecule has 0 spiro atoms. The van der Waals surface area contributed by atoms with E-state index < -0.39 is 30.4 Å². The van der Waals surface area contributed by atoms with Gasteiger partial charge in [0.25, 0.3) is 0 Å². The molecule has 0 unspecified atom stereocenters. The van der Waals surface area contributed by atoms with Crippen LogP contribution in [0.2, 0.25) is 0 Å². The van der Waals surface area contributed by atoms with Gasteiger partial charge in [0.15, 0.2) is 0 Å². The minimum atomic E-state index is -1.48. The summed E-state index contributed by atoms with van der Waals surface area (Å²) in [5.41, 5.74) is 2.36. The zero-order valence-corrected chi connectivity index (χ0v) is 11.8. The van der Waals surface area contributed by atoms with Gasteiger partial charge in [-0.2, -0.15) is 0 Å². The van der Waals surface area contributed by atoms with Gasteiger partial charge in [-0.15, -0.1) is 0 Å². The molecule has 4 N–H and O–H groups in total. The standard InChI is InChI=1S/C14H18N2O5/c1-3-9-6-4-5-8(2)12(9)16-14(21)15-10(13(19)20)7-11(17)18/h4-6,10H,3,7H2,1-2H3,(H,17,18)(H,19,20)(H2,15,16,21)/t10-/m1/s1. The van der Waals surface area contributed by atoms with Crippen molar-refractivity contribution in [3.05, 3.63) is 29.3 Å². The Balaban J connectivity index is 2.81. The van der Waals surface area contributed by atoms with E-state index in [1.807, 2.05) is 32.0 Å². The van der Waals surface area contributed by atoms with Gasteiger partial charge in [-0.3, -0.25) is 4.79 Å². The molecule has 2 amide bonds. The van der Waals surface area contributed by atoms with E-state index in [0.717, 1.165) is 11.1 Å². The van der Waals surface area contributed by atoms with Crippen molar-refractivity contribution in [3.8, 4) is 0 Å². The number of carbonyl (C=O) groups excluding carboxylic acids is 1. The Hall–Kier alpha value is -2.57. The molecular formula is C14H18N2O5. The van der Waals surface area contributed by atoms with E-state index in [1.165, 1.54) is 0 Å². The number of nitrogens with one attached hydrogen (secondary N) is 2. The van der Waals surface area contributed by atoms with E-state index in [1.54, 1.807) is 0 Å². The van der Waals surface area contributed by atoms with Gasteiger partial charge in [0.2, 0.25) is 0 Å². The molecule has 1 atom stereocenters. The number of hydrogen-bond donors (Lipinski definition) is 4. The van der Waals surface area contributed by atoms with Crippen LogP contribution in [0, 0.1) is 6.92 Å². The Labute approximate surface area is 122 Å². The molecule has 0 aliphatic rings. The molecule has 0 heterocycles. The minimum absolute atomic E-state index is 0.608. The number of urea groups is 1. The van der Waals surface area contributed by atoms with Crippen LogP contribution in [0.1, 0.15) is 24.5 Å². The van der Waals surface area contributed by atoms with Gasteiger partial charge in [0.05, 0.1) is 6.42 Å². The Bertz CT molecular complexity index is 556. The van der Waals surface area contributed by atoms with Gasteiger partial charge in [-0.25, -0.2) is 9.59 Å². The summed E-state index contributed by atoms with van der Waals surface area (Å²) in [5, 5.41) is 22.2. The van der Waals surface area contributed by atoms with Crippen molar-refractivity contribution in [2.75, 3.05) is 5.32 Å². The van der Waals surface area contributed by atoms with E-state index >= 15 is 0 Å². The molecule has 7 nitrogen and oxygen atoms in total. The second kappa shape index (κ2) is 7.28. The monoisotopic (exact) mass is 294 g/mol. The van der Waals surface area contributed by atoms with E-state index in [9.17, 15) is 14.4 Å². The topological polar surface area (TPSA) is 116 Å². The molecule has 114 valence electrons. The van der Waals surface area contributed by atoms with E-state index in [-0.39, 0.29) is 0 Å². The van der Waals surface area contributed by atoms with Crippen molar-refractivity contribution >= 4 is 23.7 Å². The highest BCUT2D eigenvalue weighted by molar-refractivity contribution is 5.94. The van der Waals surface area contributed by atoms with Crippen LogP contribution in [0.25, 0.3) is 0 Å². The fraction of sp³-hybridized carbons (Fsp3) is 0.357. The molecule has 0 saturated heterocycles. The Kier molecular flexibility index (Phi) is 5.71. The van der Waals surface area contributed by atoms with Crippen LogP contribution in [0.5, 0.6) is 0 Å². The lowest BCUT2D eigenvalue weighted by Gasteiger charge is -2.16. The van der Waals surface area contributed by atoms with E-state index in [4.69, 9.17) is 10.2 Å². The van der Waals surface area contributed by atoms with Crippen molar-refractivity contribution in [2.24, 2.45) is 0 Å². The molecule has 0 bridgehead atoms. The number of para-hydroxylation sites is 1. The highest BCUT2D eigenvalue weighted by Gasteiger charge is 2.23. The lowest BCUT2D eigenvalue weighted by atomic mass is 10.1. The smallest absolute Gasteiger partial charge is 0.326 e. The zero-order valence-electron chi connectivity index (χ0n) is 11.8. The Morgan fingerprint density at radius 1 is 1.24 bits per heavy atom. The summed E-state index contributed by atoms with van der Waals surface area (Å²) >= 11 is 0. The first-order valence-corrected chi connectivity index (χ1v) is 6.45. The molecule has 0 aliphatic heterocycles. The minimum Gasteiger partial charge on any atom is -0.481 e. The number of carboxylic acids is 2. The molecule has 1 aromatic carbocycles. The highest BCUT2D eigenvalue weighted by Crippen LogP contribution is 2.20.